The standard InChI is InChI=1S/C12H19N3/c1-4-10-8(2)12(13-3)15-11(14-10)7-9-5-6-9/h9H,4-7H2,1-3H3,(H,13,14,15). The maximum Gasteiger partial charge on any atom is 0.132 e. The molecule has 0 aromatic carbocycles. The summed E-state index contributed by atoms with van der Waals surface area (Å²) in [4.78, 5) is 9.19. The highest BCUT2D eigenvalue weighted by Crippen LogP contribution is 2.32. The van der Waals surface area contributed by atoms with Gasteiger partial charge >= 0.3 is 0 Å². The van der Waals surface area contributed by atoms with Crippen LogP contribution in [0.15, 0.2) is 0 Å². The highest BCUT2D eigenvalue weighted by molar-refractivity contribution is 5.45. The number of nitrogens with zero attached hydrogens (tertiary/aromatic N) is 2. The molecule has 1 aromatic rings. The summed E-state index contributed by atoms with van der Waals surface area (Å²) in [6.45, 7) is 4.24. The van der Waals surface area contributed by atoms with Crippen molar-refractivity contribution in [1.29, 1.82) is 0 Å². The molecule has 1 aromatic heterocycles. The van der Waals surface area contributed by atoms with Crippen molar-refractivity contribution in [2.45, 2.75) is 39.5 Å². The first-order chi connectivity index (χ1) is 7.24. The molecule has 1 aliphatic carbocycles. The van der Waals surface area contributed by atoms with Gasteiger partial charge in [0.15, 0.2) is 0 Å². The molecular weight excluding hydrogens is 186 g/mol. The van der Waals surface area contributed by atoms with Crippen LogP contribution in [-0.2, 0) is 12.8 Å². The van der Waals surface area contributed by atoms with Crippen LogP contribution in [0.3, 0.4) is 0 Å². The van der Waals surface area contributed by atoms with E-state index in [2.05, 4.69) is 29.1 Å². The number of aromatic nitrogens is 2. The zero-order chi connectivity index (χ0) is 10.8. The molecule has 15 heavy (non-hydrogen) atoms. The largest absolute Gasteiger partial charge is 0.373 e. The number of anilines is 1. The molecule has 0 spiro atoms. The Morgan fingerprint density at radius 3 is 2.60 bits per heavy atom. The highest BCUT2D eigenvalue weighted by Gasteiger charge is 2.23. The van der Waals surface area contributed by atoms with Crippen LogP contribution in [0.4, 0.5) is 5.82 Å². The Hall–Kier alpha value is -1.12. The first-order valence-corrected chi connectivity index (χ1v) is 5.78. The summed E-state index contributed by atoms with van der Waals surface area (Å²) in [5, 5.41) is 3.15. The monoisotopic (exact) mass is 205 g/mol. The molecule has 0 saturated heterocycles. The Balaban J connectivity index is 2.29. The van der Waals surface area contributed by atoms with Crippen LogP contribution in [0.1, 0.15) is 36.8 Å². The Kier molecular flexibility index (Phi) is 2.89. The van der Waals surface area contributed by atoms with Crippen molar-refractivity contribution in [1.82, 2.24) is 9.97 Å². The van der Waals surface area contributed by atoms with Gasteiger partial charge in [0.1, 0.15) is 11.6 Å². The summed E-state index contributed by atoms with van der Waals surface area (Å²) < 4.78 is 0. The lowest BCUT2D eigenvalue weighted by Gasteiger charge is -2.10. The van der Waals surface area contributed by atoms with E-state index in [0.29, 0.717) is 0 Å². The van der Waals surface area contributed by atoms with Gasteiger partial charge in [-0.1, -0.05) is 6.92 Å². The number of aryl methyl sites for hydroxylation is 1. The molecule has 0 aliphatic heterocycles. The third-order valence-corrected chi connectivity index (χ3v) is 3.03. The molecule has 0 amide bonds. The highest BCUT2D eigenvalue weighted by atomic mass is 15.0. The third-order valence-electron chi connectivity index (χ3n) is 3.03. The molecule has 1 fully saturated rings. The van der Waals surface area contributed by atoms with Crippen LogP contribution in [0.2, 0.25) is 0 Å². The van der Waals surface area contributed by atoms with Crippen LogP contribution in [0.25, 0.3) is 0 Å². The molecule has 0 bridgehead atoms. The minimum absolute atomic E-state index is 0.849. The maximum absolute atomic E-state index is 4.63. The Bertz CT molecular complexity index is 331. The first kappa shape index (κ1) is 10.4. The second-order valence-electron chi connectivity index (χ2n) is 4.31. The summed E-state index contributed by atoms with van der Waals surface area (Å²) >= 11 is 0. The molecule has 0 unspecified atom stereocenters. The SMILES string of the molecule is CCc1nc(CC2CC2)nc(NC)c1C. The van der Waals surface area contributed by atoms with Crippen LogP contribution >= 0.6 is 0 Å². The van der Waals surface area contributed by atoms with Gasteiger partial charge in [0.2, 0.25) is 0 Å². The van der Waals surface area contributed by atoms with Gasteiger partial charge in [0.25, 0.3) is 0 Å². The van der Waals surface area contributed by atoms with E-state index in [1.807, 2.05) is 7.05 Å². The summed E-state index contributed by atoms with van der Waals surface area (Å²) in [6, 6.07) is 0. The van der Waals surface area contributed by atoms with E-state index in [-0.39, 0.29) is 0 Å². The van der Waals surface area contributed by atoms with Gasteiger partial charge < -0.3 is 5.32 Å². The molecule has 1 heterocycles. The second kappa shape index (κ2) is 4.17. The van der Waals surface area contributed by atoms with Crippen molar-refractivity contribution in [3.05, 3.63) is 17.1 Å². The fourth-order valence-corrected chi connectivity index (χ4v) is 1.87. The van der Waals surface area contributed by atoms with Gasteiger partial charge in [-0.2, -0.15) is 0 Å². The Morgan fingerprint density at radius 1 is 1.33 bits per heavy atom. The van der Waals surface area contributed by atoms with Gasteiger partial charge in [-0.3, -0.25) is 0 Å². The van der Waals surface area contributed by atoms with E-state index in [1.54, 1.807) is 0 Å². The lowest BCUT2D eigenvalue weighted by molar-refractivity contribution is 0.755. The van der Waals surface area contributed by atoms with Crippen molar-refractivity contribution in [3.8, 4) is 0 Å². The van der Waals surface area contributed by atoms with Gasteiger partial charge in [0, 0.05) is 24.7 Å². The van der Waals surface area contributed by atoms with Gasteiger partial charge in [-0.05, 0) is 32.1 Å². The number of hydrogen-bond acceptors (Lipinski definition) is 3. The zero-order valence-corrected chi connectivity index (χ0v) is 9.80. The minimum Gasteiger partial charge on any atom is -0.373 e. The van der Waals surface area contributed by atoms with E-state index in [0.717, 1.165) is 30.4 Å². The third kappa shape index (κ3) is 2.28. The lowest BCUT2D eigenvalue weighted by Crippen LogP contribution is -2.07. The van der Waals surface area contributed by atoms with E-state index < -0.39 is 0 Å². The Labute approximate surface area is 91.3 Å². The van der Waals surface area contributed by atoms with Crippen molar-refractivity contribution in [3.63, 3.8) is 0 Å². The fourth-order valence-electron chi connectivity index (χ4n) is 1.87. The van der Waals surface area contributed by atoms with Crippen molar-refractivity contribution >= 4 is 5.82 Å². The molecule has 1 N–H and O–H groups in total. The van der Waals surface area contributed by atoms with Crippen LogP contribution in [0, 0.1) is 12.8 Å². The molecule has 3 heteroatoms. The van der Waals surface area contributed by atoms with E-state index in [9.17, 15) is 0 Å². The van der Waals surface area contributed by atoms with Gasteiger partial charge in [-0.25, -0.2) is 9.97 Å². The predicted molar refractivity (Wildman–Crippen MR) is 62.1 cm³/mol. The first-order valence-electron chi connectivity index (χ1n) is 5.78. The van der Waals surface area contributed by atoms with Crippen molar-refractivity contribution in [2.24, 2.45) is 5.92 Å². The molecule has 3 nitrogen and oxygen atoms in total. The summed E-state index contributed by atoms with van der Waals surface area (Å²) in [6.07, 6.45) is 4.75. The topological polar surface area (TPSA) is 37.8 Å². The van der Waals surface area contributed by atoms with Crippen LogP contribution in [0.5, 0.6) is 0 Å². The molecule has 1 saturated carbocycles. The van der Waals surface area contributed by atoms with Gasteiger partial charge in [-0.15, -0.1) is 0 Å². The molecule has 2 rings (SSSR count). The average Bonchev–Trinajstić information content (AvgIpc) is 3.04. The number of hydrogen-bond donors (Lipinski definition) is 1. The van der Waals surface area contributed by atoms with Crippen LogP contribution < -0.4 is 5.32 Å². The molecule has 0 atom stereocenters. The van der Waals surface area contributed by atoms with E-state index >= 15 is 0 Å². The second-order valence-corrected chi connectivity index (χ2v) is 4.31. The number of rotatable bonds is 4. The quantitative estimate of drug-likeness (QED) is 0.820. The Morgan fingerprint density at radius 2 is 2.07 bits per heavy atom. The van der Waals surface area contributed by atoms with E-state index in [4.69, 9.17) is 0 Å². The summed E-state index contributed by atoms with van der Waals surface area (Å²) in [5.41, 5.74) is 2.38. The van der Waals surface area contributed by atoms with Crippen molar-refractivity contribution < 1.29 is 0 Å². The molecule has 82 valence electrons. The van der Waals surface area contributed by atoms with Gasteiger partial charge in [0.05, 0.1) is 0 Å². The zero-order valence-electron chi connectivity index (χ0n) is 9.80. The minimum atomic E-state index is 0.849. The van der Waals surface area contributed by atoms with Crippen molar-refractivity contribution in [2.75, 3.05) is 12.4 Å². The summed E-state index contributed by atoms with van der Waals surface area (Å²) in [5.74, 6) is 2.86. The van der Waals surface area contributed by atoms with E-state index in [1.165, 1.54) is 24.1 Å². The summed E-state index contributed by atoms with van der Waals surface area (Å²) in [7, 11) is 1.93. The normalized spacial score (nSPS) is 15.4. The number of nitrogens with one attached hydrogen (secondary N) is 1. The maximum atomic E-state index is 4.63. The molecular formula is C12H19N3. The van der Waals surface area contributed by atoms with Crippen LogP contribution in [-0.4, -0.2) is 17.0 Å². The fraction of sp³-hybridized carbons (Fsp3) is 0.667. The average molecular weight is 205 g/mol. The molecule has 0 radical (unpaired) electrons. The lowest BCUT2D eigenvalue weighted by atomic mass is 10.1. The smallest absolute Gasteiger partial charge is 0.132 e. The molecule has 1 aliphatic rings. The predicted octanol–water partition coefficient (Wildman–Crippen LogP) is 2.34.